The van der Waals surface area contributed by atoms with Crippen LogP contribution in [0.25, 0.3) is 0 Å². The first kappa shape index (κ1) is 21.7. The Kier molecular flexibility index (Phi) is 7.62. The maximum absolute atomic E-state index is 12.6. The predicted molar refractivity (Wildman–Crippen MR) is 120 cm³/mol. The molecule has 156 valence electrons. The van der Waals surface area contributed by atoms with Gasteiger partial charge in [-0.3, -0.25) is 13.9 Å². The molecule has 1 saturated heterocycles. The van der Waals surface area contributed by atoms with Crippen molar-refractivity contribution < 1.29 is 9.00 Å². The van der Waals surface area contributed by atoms with Gasteiger partial charge < -0.3 is 5.32 Å². The molecule has 0 saturated carbocycles. The van der Waals surface area contributed by atoms with Crippen molar-refractivity contribution in [3.05, 3.63) is 70.8 Å². The van der Waals surface area contributed by atoms with Crippen LogP contribution in [0, 0.1) is 11.8 Å². The Morgan fingerprint density at radius 2 is 1.76 bits per heavy atom. The van der Waals surface area contributed by atoms with Crippen LogP contribution >= 0.6 is 0 Å². The molecule has 1 fully saturated rings. The molecule has 3 rings (SSSR count). The number of amides is 1. The fourth-order valence-corrected chi connectivity index (χ4v) is 5.01. The van der Waals surface area contributed by atoms with E-state index in [4.69, 9.17) is 0 Å². The molecule has 0 spiro atoms. The lowest BCUT2D eigenvalue weighted by atomic mass is 9.91. The first-order valence-electron chi connectivity index (χ1n) is 10.4. The molecule has 0 radical (unpaired) electrons. The average Bonchev–Trinajstić information content (AvgIpc) is 2.66. The Morgan fingerprint density at radius 1 is 1.07 bits per heavy atom. The second kappa shape index (κ2) is 10.2. The molecule has 29 heavy (non-hydrogen) atoms. The number of carbonyl (C=O) groups excluding carboxylic acids is 1. The monoisotopic (exact) mass is 412 g/mol. The van der Waals surface area contributed by atoms with E-state index < -0.39 is 10.8 Å². The second-order valence-corrected chi connectivity index (χ2v) is 9.94. The number of likely N-dealkylation sites (tertiary alicyclic amines) is 1. The van der Waals surface area contributed by atoms with Gasteiger partial charge >= 0.3 is 0 Å². The summed E-state index contributed by atoms with van der Waals surface area (Å²) in [6, 6.07) is 15.8. The van der Waals surface area contributed by atoms with E-state index in [9.17, 15) is 9.00 Å². The Balaban J connectivity index is 1.64. The highest BCUT2D eigenvalue weighted by molar-refractivity contribution is 7.83. The number of nitrogens with one attached hydrogen (secondary N) is 1. The van der Waals surface area contributed by atoms with Gasteiger partial charge in [-0.25, -0.2) is 0 Å². The summed E-state index contributed by atoms with van der Waals surface area (Å²) in [5, 5.41) is 3.06. The highest BCUT2D eigenvalue weighted by atomic mass is 32.2. The van der Waals surface area contributed by atoms with E-state index in [1.165, 1.54) is 12.0 Å². The molecule has 2 aromatic rings. The van der Waals surface area contributed by atoms with E-state index >= 15 is 0 Å². The topological polar surface area (TPSA) is 49.4 Å². The van der Waals surface area contributed by atoms with Crippen molar-refractivity contribution in [2.24, 2.45) is 11.8 Å². The molecule has 1 amide bonds. The summed E-state index contributed by atoms with van der Waals surface area (Å²) in [5.41, 5.74) is 3.98. The number of piperidine rings is 1. The molecule has 1 N–H and O–H groups in total. The fourth-order valence-electron chi connectivity index (χ4n) is 4.36. The average molecular weight is 413 g/mol. The van der Waals surface area contributed by atoms with E-state index in [2.05, 4.69) is 42.3 Å². The second-order valence-electron chi connectivity index (χ2n) is 8.51. The first-order chi connectivity index (χ1) is 13.9. The molecular formula is C24H32N2O2S. The van der Waals surface area contributed by atoms with Gasteiger partial charge in [0.2, 0.25) is 0 Å². The quantitative estimate of drug-likeness (QED) is 0.749. The molecule has 2 aromatic carbocycles. The van der Waals surface area contributed by atoms with Crippen molar-refractivity contribution in [2.75, 3.05) is 19.3 Å². The van der Waals surface area contributed by atoms with Crippen LogP contribution in [0.4, 0.5) is 0 Å². The number of carbonyl (C=O) groups is 1. The van der Waals surface area contributed by atoms with Gasteiger partial charge in [0.05, 0.1) is 0 Å². The minimum absolute atomic E-state index is 0.0937. The zero-order chi connectivity index (χ0) is 20.8. The number of hydrogen-bond acceptors (Lipinski definition) is 3. The van der Waals surface area contributed by atoms with Crippen molar-refractivity contribution in [2.45, 2.75) is 39.1 Å². The van der Waals surface area contributed by atoms with Crippen molar-refractivity contribution >= 4 is 16.7 Å². The fraction of sp³-hybridized carbons (Fsp3) is 0.458. The minimum Gasteiger partial charge on any atom is -0.348 e. The van der Waals surface area contributed by atoms with Gasteiger partial charge in [-0.2, -0.15) is 0 Å². The van der Waals surface area contributed by atoms with E-state index in [1.54, 1.807) is 12.3 Å². The largest absolute Gasteiger partial charge is 0.348 e. The van der Waals surface area contributed by atoms with Crippen LogP contribution in [0.3, 0.4) is 0 Å². The standard InChI is InChI=1S/C24H32N2O2S/c1-18-11-19(2)15-26(14-18)16-23-9-5-4-8-22(23)13-25-24(27)21-10-6-7-20(12-21)17-29(3)28/h4-10,12,18-19H,11,13-17H2,1-3H3,(H,25,27)/t18-,19-,29-/m0/s1. The maximum Gasteiger partial charge on any atom is 0.251 e. The minimum atomic E-state index is -0.920. The van der Waals surface area contributed by atoms with Gasteiger partial charge in [-0.15, -0.1) is 0 Å². The summed E-state index contributed by atoms with van der Waals surface area (Å²) in [7, 11) is -0.920. The maximum atomic E-state index is 12.6. The van der Waals surface area contributed by atoms with Crippen LogP contribution in [0.15, 0.2) is 48.5 Å². The third-order valence-electron chi connectivity index (χ3n) is 5.46. The first-order valence-corrected chi connectivity index (χ1v) is 12.1. The van der Waals surface area contributed by atoms with Gasteiger partial charge in [-0.1, -0.05) is 50.2 Å². The van der Waals surface area contributed by atoms with Gasteiger partial charge in [0.15, 0.2) is 0 Å². The highest BCUT2D eigenvalue weighted by Gasteiger charge is 2.22. The molecule has 4 nitrogen and oxygen atoms in total. The number of nitrogens with zero attached hydrogens (tertiary/aromatic N) is 1. The lowest BCUT2D eigenvalue weighted by Gasteiger charge is -2.35. The van der Waals surface area contributed by atoms with Crippen LogP contribution in [-0.2, 0) is 29.6 Å². The van der Waals surface area contributed by atoms with Gasteiger partial charge in [-0.05, 0) is 47.1 Å². The molecule has 0 aromatic heterocycles. The van der Waals surface area contributed by atoms with Crippen LogP contribution < -0.4 is 5.32 Å². The van der Waals surface area contributed by atoms with Crippen molar-refractivity contribution in [1.82, 2.24) is 10.2 Å². The molecule has 1 aliphatic heterocycles. The molecule has 1 aliphatic rings. The third kappa shape index (κ3) is 6.51. The van der Waals surface area contributed by atoms with Crippen molar-refractivity contribution in [3.8, 4) is 0 Å². The van der Waals surface area contributed by atoms with E-state index in [0.29, 0.717) is 17.9 Å². The third-order valence-corrected chi connectivity index (χ3v) is 6.20. The SMILES string of the molecule is C[C@H]1C[C@H](C)CN(Cc2ccccc2CNC(=O)c2cccc(C[S@](C)=O)c2)C1. The summed E-state index contributed by atoms with van der Waals surface area (Å²) in [5.74, 6) is 1.84. The van der Waals surface area contributed by atoms with Gasteiger partial charge in [0.1, 0.15) is 0 Å². The molecule has 1 heterocycles. The summed E-state index contributed by atoms with van der Waals surface area (Å²) in [4.78, 5) is 15.2. The van der Waals surface area contributed by atoms with Crippen LogP contribution in [0.2, 0.25) is 0 Å². The molecule has 0 aliphatic carbocycles. The van der Waals surface area contributed by atoms with E-state index in [0.717, 1.165) is 42.6 Å². The molecule has 0 bridgehead atoms. The molecule has 5 heteroatoms. The van der Waals surface area contributed by atoms with Crippen LogP contribution in [-0.4, -0.2) is 34.4 Å². The highest BCUT2D eigenvalue weighted by Crippen LogP contribution is 2.23. The van der Waals surface area contributed by atoms with Gasteiger partial charge in [0, 0.05) is 54.6 Å². The summed E-state index contributed by atoms with van der Waals surface area (Å²) in [6.45, 7) is 8.37. The molecular weight excluding hydrogens is 380 g/mol. The smallest absolute Gasteiger partial charge is 0.251 e. The van der Waals surface area contributed by atoms with Crippen LogP contribution in [0.5, 0.6) is 0 Å². The number of rotatable bonds is 7. The van der Waals surface area contributed by atoms with Crippen molar-refractivity contribution in [1.29, 1.82) is 0 Å². The Labute approximate surface area is 177 Å². The number of benzene rings is 2. The van der Waals surface area contributed by atoms with Crippen LogP contribution in [0.1, 0.15) is 47.3 Å². The molecule has 0 unspecified atom stereocenters. The summed E-state index contributed by atoms with van der Waals surface area (Å²) < 4.78 is 11.5. The lowest BCUT2D eigenvalue weighted by molar-refractivity contribution is 0.0950. The Hall–Kier alpha value is -1.98. The van der Waals surface area contributed by atoms with Crippen molar-refractivity contribution in [3.63, 3.8) is 0 Å². The summed E-state index contributed by atoms with van der Waals surface area (Å²) >= 11 is 0. The normalized spacial score (nSPS) is 20.9. The zero-order valence-electron chi connectivity index (χ0n) is 17.7. The number of hydrogen-bond donors (Lipinski definition) is 1. The van der Waals surface area contributed by atoms with E-state index in [-0.39, 0.29) is 5.91 Å². The molecule has 3 atom stereocenters. The Bertz CT molecular complexity index is 857. The lowest BCUT2D eigenvalue weighted by Crippen LogP contribution is -2.38. The Morgan fingerprint density at radius 3 is 2.45 bits per heavy atom. The van der Waals surface area contributed by atoms with E-state index in [1.807, 2.05) is 24.3 Å². The zero-order valence-corrected chi connectivity index (χ0v) is 18.5. The summed E-state index contributed by atoms with van der Waals surface area (Å²) in [6.07, 6.45) is 2.98. The van der Waals surface area contributed by atoms with Gasteiger partial charge in [0.25, 0.3) is 5.91 Å². The predicted octanol–water partition coefficient (Wildman–Crippen LogP) is 3.97.